The van der Waals surface area contributed by atoms with Gasteiger partial charge in [0.25, 0.3) is 5.91 Å². The number of benzene rings is 2. The van der Waals surface area contributed by atoms with E-state index in [-0.39, 0.29) is 5.91 Å². The predicted octanol–water partition coefficient (Wildman–Crippen LogP) is 2.64. The first-order chi connectivity index (χ1) is 14.7. The molecule has 0 aliphatic carbocycles. The average molecular weight is 410 g/mol. The number of ether oxygens (including phenoxy) is 3. The predicted molar refractivity (Wildman–Crippen MR) is 114 cm³/mol. The summed E-state index contributed by atoms with van der Waals surface area (Å²) in [7, 11) is 3.20. The Kier molecular flexibility index (Phi) is 6.15. The number of anilines is 1. The summed E-state index contributed by atoms with van der Waals surface area (Å²) >= 11 is 0. The van der Waals surface area contributed by atoms with Crippen molar-refractivity contribution in [1.82, 2.24) is 14.7 Å². The molecule has 1 saturated heterocycles. The van der Waals surface area contributed by atoms with Gasteiger partial charge in [0.2, 0.25) is 0 Å². The number of morpholine rings is 1. The van der Waals surface area contributed by atoms with E-state index >= 15 is 0 Å². The van der Waals surface area contributed by atoms with Crippen molar-refractivity contribution >= 4 is 22.5 Å². The van der Waals surface area contributed by atoms with E-state index in [2.05, 4.69) is 15.3 Å². The van der Waals surface area contributed by atoms with Crippen LogP contribution in [0.2, 0.25) is 0 Å². The number of methoxy groups -OCH3 is 2. The van der Waals surface area contributed by atoms with Crippen LogP contribution in [0.4, 0.5) is 5.69 Å². The van der Waals surface area contributed by atoms with Crippen LogP contribution < -0.4 is 14.8 Å². The van der Waals surface area contributed by atoms with Crippen molar-refractivity contribution < 1.29 is 19.0 Å². The quantitative estimate of drug-likeness (QED) is 0.645. The van der Waals surface area contributed by atoms with Crippen LogP contribution >= 0.6 is 0 Å². The molecule has 0 saturated carbocycles. The third-order valence-electron chi connectivity index (χ3n) is 5.25. The summed E-state index contributed by atoms with van der Waals surface area (Å²) < 4.78 is 18.2. The number of hydrogen-bond acceptors (Lipinski definition) is 6. The summed E-state index contributed by atoms with van der Waals surface area (Å²) in [4.78, 5) is 15.4. The van der Waals surface area contributed by atoms with Crippen LogP contribution in [-0.4, -0.2) is 67.7 Å². The molecule has 1 aliphatic heterocycles. The minimum absolute atomic E-state index is 0.289. The monoisotopic (exact) mass is 410 g/mol. The van der Waals surface area contributed by atoms with E-state index in [0.29, 0.717) is 29.4 Å². The Labute approximate surface area is 175 Å². The molecule has 0 bridgehead atoms. The molecule has 0 radical (unpaired) electrons. The fraction of sp³-hybridized carbons (Fsp3) is 0.364. The minimum Gasteiger partial charge on any atom is -0.495 e. The second-order valence-corrected chi connectivity index (χ2v) is 7.04. The number of para-hydroxylation sites is 3. The van der Waals surface area contributed by atoms with E-state index < -0.39 is 0 Å². The Bertz CT molecular complexity index is 1030. The van der Waals surface area contributed by atoms with Gasteiger partial charge < -0.3 is 19.5 Å². The Hall–Kier alpha value is -3.10. The standard InChI is InChI=1S/C22H26N4O4/c1-28-18-8-4-3-7-17(18)23-22(27)20-16-6-5-9-19(29-2)21(16)26(24-20)11-10-25-12-14-30-15-13-25/h3-9H,10-15H2,1-2H3,(H,23,27). The normalized spacial score (nSPS) is 14.6. The zero-order valence-corrected chi connectivity index (χ0v) is 17.3. The number of nitrogens with zero attached hydrogens (tertiary/aromatic N) is 3. The maximum atomic E-state index is 13.1. The molecular formula is C22H26N4O4. The molecule has 158 valence electrons. The zero-order valence-electron chi connectivity index (χ0n) is 17.3. The number of aromatic nitrogens is 2. The molecule has 3 aromatic rings. The summed E-state index contributed by atoms with van der Waals surface area (Å²) in [6.45, 7) is 4.77. The fourth-order valence-corrected chi connectivity index (χ4v) is 3.69. The van der Waals surface area contributed by atoms with Gasteiger partial charge in [-0.25, -0.2) is 0 Å². The lowest BCUT2D eigenvalue weighted by molar-refractivity contribution is 0.0361. The Balaban J connectivity index is 1.65. The molecule has 2 aromatic carbocycles. The summed E-state index contributed by atoms with van der Waals surface area (Å²) in [5.74, 6) is 1.00. The highest BCUT2D eigenvalue weighted by Gasteiger charge is 2.21. The van der Waals surface area contributed by atoms with Gasteiger partial charge in [-0.15, -0.1) is 0 Å². The lowest BCUT2D eigenvalue weighted by Gasteiger charge is -2.26. The Morgan fingerprint density at radius 2 is 1.77 bits per heavy atom. The molecule has 0 unspecified atom stereocenters. The van der Waals surface area contributed by atoms with Gasteiger partial charge in [0.05, 0.1) is 39.7 Å². The van der Waals surface area contributed by atoms with Crippen LogP contribution in [0.15, 0.2) is 42.5 Å². The van der Waals surface area contributed by atoms with Gasteiger partial charge in [0.15, 0.2) is 5.69 Å². The van der Waals surface area contributed by atoms with Gasteiger partial charge in [-0.3, -0.25) is 14.4 Å². The van der Waals surface area contributed by atoms with Crippen LogP contribution in [-0.2, 0) is 11.3 Å². The van der Waals surface area contributed by atoms with Crippen LogP contribution in [0, 0.1) is 0 Å². The second-order valence-electron chi connectivity index (χ2n) is 7.04. The summed E-state index contributed by atoms with van der Waals surface area (Å²) in [6, 6.07) is 13.0. The van der Waals surface area contributed by atoms with Gasteiger partial charge >= 0.3 is 0 Å². The highest BCUT2D eigenvalue weighted by Crippen LogP contribution is 2.30. The van der Waals surface area contributed by atoms with E-state index in [1.54, 1.807) is 26.4 Å². The van der Waals surface area contributed by atoms with Crippen molar-refractivity contribution in [2.24, 2.45) is 0 Å². The number of carbonyl (C=O) groups excluding carboxylic acids is 1. The number of fused-ring (bicyclic) bond motifs is 1. The van der Waals surface area contributed by atoms with Gasteiger partial charge in [0.1, 0.15) is 17.0 Å². The van der Waals surface area contributed by atoms with E-state index in [4.69, 9.17) is 14.2 Å². The van der Waals surface area contributed by atoms with Crippen molar-refractivity contribution in [3.63, 3.8) is 0 Å². The molecule has 4 rings (SSSR count). The summed E-state index contributed by atoms with van der Waals surface area (Å²) in [5, 5.41) is 8.33. The van der Waals surface area contributed by atoms with Crippen molar-refractivity contribution in [3.8, 4) is 11.5 Å². The minimum atomic E-state index is -0.289. The molecule has 1 aromatic heterocycles. The molecule has 30 heavy (non-hydrogen) atoms. The van der Waals surface area contributed by atoms with Gasteiger partial charge in [0, 0.05) is 25.0 Å². The molecule has 1 fully saturated rings. The van der Waals surface area contributed by atoms with Crippen LogP contribution in [0.3, 0.4) is 0 Å². The maximum absolute atomic E-state index is 13.1. The summed E-state index contributed by atoms with van der Waals surface area (Å²) in [6.07, 6.45) is 0. The highest BCUT2D eigenvalue weighted by molar-refractivity contribution is 6.12. The van der Waals surface area contributed by atoms with Crippen molar-refractivity contribution in [3.05, 3.63) is 48.2 Å². The first-order valence-electron chi connectivity index (χ1n) is 9.99. The molecule has 1 N–H and O–H groups in total. The van der Waals surface area contributed by atoms with Crippen LogP contribution in [0.1, 0.15) is 10.5 Å². The van der Waals surface area contributed by atoms with E-state index in [0.717, 1.165) is 43.8 Å². The number of hydrogen-bond donors (Lipinski definition) is 1. The first kappa shape index (κ1) is 20.2. The Morgan fingerprint density at radius 1 is 1.03 bits per heavy atom. The third kappa shape index (κ3) is 4.10. The number of rotatable bonds is 7. The zero-order chi connectivity index (χ0) is 20.9. The van der Waals surface area contributed by atoms with Crippen molar-refractivity contribution in [2.45, 2.75) is 6.54 Å². The third-order valence-corrected chi connectivity index (χ3v) is 5.25. The van der Waals surface area contributed by atoms with E-state index in [9.17, 15) is 4.79 Å². The van der Waals surface area contributed by atoms with Crippen molar-refractivity contribution in [1.29, 1.82) is 0 Å². The molecule has 1 aliphatic rings. The molecular weight excluding hydrogens is 384 g/mol. The molecule has 2 heterocycles. The van der Waals surface area contributed by atoms with E-state index in [1.165, 1.54) is 0 Å². The van der Waals surface area contributed by atoms with Gasteiger partial charge in [-0.1, -0.05) is 24.3 Å². The molecule has 0 atom stereocenters. The van der Waals surface area contributed by atoms with Crippen molar-refractivity contribution in [2.75, 3.05) is 52.4 Å². The lowest BCUT2D eigenvalue weighted by atomic mass is 10.2. The average Bonchev–Trinajstić information content (AvgIpc) is 3.18. The second kappa shape index (κ2) is 9.15. The number of carbonyl (C=O) groups is 1. The molecule has 1 amide bonds. The topological polar surface area (TPSA) is 77.9 Å². The Morgan fingerprint density at radius 3 is 2.53 bits per heavy atom. The number of nitrogens with one attached hydrogen (secondary N) is 1. The summed E-state index contributed by atoms with van der Waals surface area (Å²) in [5.41, 5.74) is 1.78. The SMILES string of the molecule is COc1ccccc1NC(=O)c1nn(CCN2CCOCC2)c2c(OC)cccc12. The maximum Gasteiger partial charge on any atom is 0.276 e. The number of amides is 1. The largest absolute Gasteiger partial charge is 0.495 e. The smallest absolute Gasteiger partial charge is 0.276 e. The first-order valence-corrected chi connectivity index (χ1v) is 9.99. The van der Waals surface area contributed by atoms with E-state index in [1.807, 2.05) is 35.0 Å². The fourth-order valence-electron chi connectivity index (χ4n) is 3.69. The highest BCUT2D eigenvalue weighted by atomic mass is 16.5. The molecule has 0 spiro atoms. The lowest BCUT2D eigenvalue weighted by Crippen LogP contribution is -2.38. The van der Waals surface area contributed by atoms with Crippen LogP contribution in [0.5, 0.6) is 11.5 Å². The molecule has 8 heteroatoms. The van der Waals surface area contributed by atoms with Gasteiger partial charge in [-0.2, -0.15) is 5.10 Å². The van der Waals surface area contributed by atoms with Gasteiger partial charge in [-0.05, 0) is 18.2 Å². The van der Waals surface area contributed by atoms with Crippen LogP contribution in [0.25, 0.3) is 10.9 Å². The molecule has 8 nitrogen and oxygen atoms in total.